The van der Waals surface area contributed by atoms with Crippen LogP contribution in [0.5, 0.6) is 0 Å². The number of amides is 1. The van der Waals surface area contributed by atoms with Crippen molar-refractivity contribution in [2.45, 2.75) is 43.8 Å². The largest absolute Gasteiger partial charge is 0.471 e. The van der Waals surface area contributed by atoms with Crippen molar-refractivity contribution in [2.24, 2.45) is 5.41 Å². The van der Waals surface area contributed by atoms with Crippen molar-refractivity contribution < 1.29 is 22.4 Å². The van der Waals surface area contributed by atoms with Gasteiger partial charge in [0.2, 0.25) is 0 Å². The molecule has 1 heterocycles. The Labute approximate surface area is 179 Å². The van der Waals surface area contributed by atoms with Gasteiger partial charge in [-0.2, -0.15) is 13.2 Å². The van der Waals surface area contributed by atoms with Crippen LogP contribution in [0, 0.1) is 11.2 Å². The second kappa shape index (κ2) is 8.61. The van der Waals surface area contributed by atoms with Crippen LogP contribution in [0.3, 0.4) is 0 Å². The molecule has 1 amide bonds. The molecule has 2 unspecified atom stereocenters. The van der Waals surface area contributed by atoms with Crippen LogP contribution in [0.1, 0.15) is 36.3 Å². The average Bonchev–Trinajstić information content (AvgIpc) is 3.55. The highest BCUT2D eigenvalue weighted by molar-refractivity contribution is 5.82. The van der Waals surface area contributed by atoms with E-state index in [-0.39, 0.29) is 18.3 Å². The summed E-state index contributed by atoms with van der Waals surface area (Å²) < 4.78 is 53.9. The van der Waals surface area contributed by atoms with E-state index in [2.05, 4.69) is 5.32 Å². The molecule has 2 atom stereocenters. The standard InChI is InChI=1S/C24H26F4N2O/c25-19-8-6-17(7-9-19)15-23(10-12-29-13-11-23)16-30(22(31)24(26,27)28)21-14-20(21)18-4-2-1-3-5-18/h1-9,20-21,29H,10-16H2. The van der Waals surface area contributed by atoms with E-state index >= 15 is 0 Å². The number of benzene rings is 2. The van der Waals surface area contributed by atoms with E-state index in [1.54, 1.807) is 12.1 Å². The lowest BCUT2D eigenvalue weighted by molar-refractivity contribution is -0.188. The molecule has 2 aromatic rings. The van der Waals surface area contributed by atoms with Gasteiger partial charge in [0.25, 0.3) is 0 Å². The van der Waals surface area contributed by atoms with E-state index in [0.717, 1.165) is 16.0 Å². The Morgan fingerprint density at radius 1 is 1.03 bits per heavy atom. The normalized spacial score (nSPS) is 22.7. The van der Waals surface area contributed by atoms with Crippen LogP contribution in [0.2, 0.25) is 0 Å². The maximum atomic E-state index is 13.5. The SMILES string of the molecule is O=C(N(CC1(Cc2ccc(F)cc2)CCNCC1)C1CC1c1ccccc1)C(F)(F)F. The van der Waals surface area contributed by atoms with Crippen LogP contribution in [0.15, 0.2) is 54.6 Å². The minimum Gasteiger partial charge on any atom is -0.331 e. The molecule has 31 heavy (non-hydrogen) atoms. The van der Waals surface area contributed by atoms with Gasteiger partial charge in [0.1, 0.15) is 5.82 Å². The van der Waals surface area contributed by atoms with Crippen molar-refractivity contribution in [2.75, 3.05) is 19.6 Å². The molecule has 7 heteroatoms. The van der Waals surface area contributed by atoms with E-state index in [0.29, 0.717) is 38.8 Å². The zero-order valence-electron chi connectivity index (χ0n) is 17.2. The van der Waals surface area contributed by atoms with Crippen LogP contribution in [0.25, 0.3) is 0 Å². The number of hydrogen-bond donors (Lipinski definition) is 1. The number of carbonyl (C=O) groups excluding carboxylic acids is 1. The molecule has 0 radical (unpaired) electrons. The predicted octanol–water partition coefficient (Wildman–Crippen LogP) is 4.69. The van der Waals surface area contributed by atoms with Crippen LogP contribution in [0.4, 0.5) is 17.6 Å². The molecule has 2 fully saturated rings. The maximum absolute atomic E-state index is 13.5. The highest BCUT2D eigenvalue weighted by Crippen LogP contribution is 2.48. The van der Waals surface area contributed by atoms with E-state index in [1.165, 1.54) is 12.1 Å². The van der Waals surface area contributed by atoms with Crippen molar-refractivity contribution in [1.82, 2.24) is 10.2 Å². The smallest absolute Gasteiger partial charge is 0.331 e. The highest BCUT2D eigenvalue weighted by atomic mass is 19.4. The monoisotopic (exact) mass is 434 g/mol. The quantitative estimate of drug-likeness (QED) is 0.670. The molecule has 1 saturated carbocycles. The molecule has 0 bridgehead atoms. The van der Waals surface area contributed by atoms with Gasteiger partial charge in [0.05, 0.1) is 0 Å². The Kier molecular flexibility index (Phi) is 6.06. The van der Waals surface area contributed by atoms with E-state index < -0.39 is 23.5 Å². The third-order valence-electron chi connectivity index (χ3n) is 6.55. The molecule has 4 rings (SSSR count). The van der Waals surface area contributed by atoms with Gasteiger partial charge in [-0.15, -0.1) is 0 Å². The molecule has 1 aliphatic heterocycles. The summed E-state index contributed by atoms with van der Waals surface area (Å²) in [6.45, 7) is 1.42. The summed E-state index contributed by atoms with van der Waals surface area (Å²) >= 11 is 0. The van der Waals surface area contributed by atoms with Crippen molar-refractivity contribution in [3.63, 3.8) is 0 Å². The van der Waals surface area contributed by atoms with Crippen LogP contribution in [-0.2, 0) is 11.2 Å². The predicted molar refractivity (Wildman–Crippen MR) is 110 cm³/mol. The second-order valence-electron chi connectivity index (χ2n) is 8.80. The number of hydrogen-bond acceptors (Lipinski definition) is 2. The van der Waals surface area contributed by atoms with Crippen molar-refractivity contribution in [3.05, 3.63) is 71.5 Å². The van der Waals surface area contributed by atoms with Crippen molar-refractivity contribution >= 4 is 5.91 Å². The third kappa shape index (κ3) is 5.09. The first-order chi connectivity index (χ1) is 14.8. The van der Waals surface area contributed by atoms with Crippen LogP contribution < -0.4 is 5.32 Å². The van der Waals surface area contributed by atoms with Gasteiger partial charge in [-0.3, -0.25) is 4.79 Å². The molecule has 1 aliphatic carbocycles. The first-order valence-electron chi connectivity index (χ1n) is 10.7. The minimum absolute atomic E-state index is 0.0540. The minimum atomic E-state index is -4.91. The molecule has 2 aliphatic rings. The summed E-state index contributed by atoms with van der Waals surface area (Å²) in [7, 11) is 0. The highest BCUT2D eigenvalue weighted by Gasteiger charge is 2.53. The van der Waals surface area contributed by atoms with E-state index in [4.69, 9.17) is 0 Å². The maximum Gasteiger partial charge on any atom is 0.471 e. The van der Waals surface area contributed by atoms with Crippen molar-refractivity contribution in [3.8, 4) is 0 Å². The summed E-state index contributed by atoms with van der Waals surface area (Å²) in [6.07, 6.45) is -2.53. The summed E-state index contributed by atoms with van der Waals surface area (Å²) in [5.41, 5.74) is 1.36. The summed E-state index contributed by atoms with van der Waals surface area (Å²) in [4.78, 5) is 13.5. The molecule has 3 nitrogen and oxygen atoms in total. The Balaban J connectivity index is 1.60. The fourth-order valence-corrected chi connectivity index (χ4v) is 4.83. The molecule has 1 saturated heterocycles. The van der Waals surface area contributed by atoms with E-state index in [1.807, 2.05) is 30.3 Å². The van der Waals surface area contributed by atoms with Crippen LogP contribution in [-0.4, -0.2) is 42.7 Å². The molecular formula is C24H26F4N2O. The first kappa shape index (κ1) is 21.8. The fourth-order valence-electron chi connectivity index (χ4n) is 4.83. The van der Waals surface area contributed by atoms with Gasteiger partial charge in [-0.05, 0) is 67.4 Å². The lowest BCUT2D eigenvalue weighted by Gasteiger charge is -2.42. The van der Waals surface area contributed by atoms with Gasteiger partial charge in [0.15, 0.2) is 0 Å². The topological polar surface area (TPSA) is 32.3 Å². The molecule has 1 N–H and O–H groups in total. The molecular weight excluding hydrogens is 408 g/mol. The number of carbonyl (C=O) groups is 1. The summed E-state index contributed by atoms with van der Waals surface area (Å²) in [5, 5.41) is 3.26. The van der Waals surface area contributed by atoms with Gasteiger partial charge < -0.3 is 10.2 Å². The van der Waals surface area contributed by atoms with Gasteiger partial charge in [0, 0.05) is 18.5 Å². The third-order valence-corrected chi connectivity index (χ3v) is 6.55. The first-order valence-corrected chi connectivity index (χ1v) is 10.7. The summed E-state index contributed by atoms with van der Waals surface area (Å²) in [5.74, 6) is -2.18. The Morgan fingerprint density at radius 2 is 1.68 bits per heavy atom. The molecule has 166 valence electrons. The molecule has 0 aromatic heterocycles. The number of piperidine rings is 1. The Bertz CT molecular complexity index is 892. The van der Waals surface area contributed by atoms with E-state index in [9.17, 15) is 22.4 Å². The second-order valence-corrected chi connectivity index (χ2v) is 8.80. The lowest BCUT2D eigenvalue weighted by Crippen LogP contribution is -2.51. The van der Waals surface area contributed by atoms with Crippen LogP contribution >= 0.6 is 0 Å². The fraction of sp³-hybridized carbons (Fsp3) is 0.458. The number of alkyl halides is 3. The Morgan fingerprint density at radius 3 is 2.29 bits per heavy atom. The average molecular weight is 434 g/mol. The van der Waals surface area contributed by atoms with Gasteiger partial charge >= 0.3 is 12.1 Å². The van der Waals surface area contributed by atoms with Gasteiger partial charge in [-0.25, -0.2) is 4.39 Å². The molecule has 2 aromatic carbocycles. The zero-order chi connectivity index (χ0) is 22.1. The Hall–Kier alpha value is -2.41. The van der Waals surface area contributed by atoms with Gasteiger partial charge in [-0.1, -0.05) is 42.5 Å². The lowest BCUT2D eigenvalue weighted by atomic mass is 9.73. The molecule has 0 spiro atoms. The number of rotatable bonds is 6. The number of halogens is 4. The van der Waals surface area contributed by atoms with Crippen molar-refractivity contribution in [1.29, 1.82) is 0 Å². The summed E-state index contributed by atoms with van der Waals surface area (Å²) in [6, 6.07) is 15.1. The number of nitrogens with one attached hydrogen (secondary N) is 1. The zero-order valence-corrected chi connectivity index (χ0v) is 17.2. The number of nitrogens with zero attached hydrogens (tertiary/aromatic N) is 1.